The Morgan fingerprint density at radius 2 is 1.61 bits per heavy atom. The Morgan fingerprint density at radius 1 is 0.944 bits per heavy atom. The summed E-state index contributed by atoms with van der Waals surface area (Å²) in [4.78, 5) is 0. The van der Waals surface area contributed by atoms with Gasteiger partial charge in [0.05, 0.1) is 19.8 Å². The monoisotopic (exact) mass is 251 g/mol. The van der Waals surface area contributed by atoms with Gasteiger partial charge in [-0.3, -0.25) is 0 Å². The van der Waals surface area contributed by atoms with Gasteiger partial charge >= 0.3 is 0 Å². The molecule has 0 amide bonds. The molecule has 0 atom stereocenters. The molecule has 1 rings (SSSR count). The number of nitrogens with one attached hydrogen (secondary N) is 1. The Hall–Kier alpha value is -0.900. The van der Waals surface area contributed by atoms with E-state index in [1.807, 2.05) is 7.05 Å². The van der Waals surface area contributed by atoms with Gasteiger partial charge in [0, 0.05) is 6.61 Å². The lowest BCUT2D eigenvalue weighted by atomic mass is 10.1. The highest BCUT2D eigenvalue weighted by atomic mass is 16.5. The third kappa shape index (κ3) is 6.74. The van der Waals surface area contributed by atoms with Gasteiger partial charge in [0.1, 0.15) is 0 Å². The molecule has 102 valence electrons. The summed E-state index contributed by atoms with van der Waals surface area (Å²) >= 11 is 0. The molecule has 1 aromatic carbocycles. The predicted octanol–water partition coefficient (Wildman–Crippen LogP) is 2.39. The molecule has 0 fully saturated rings. The first-order valence-corrected chi connectivity index (χ1v) is 6.74. The summed E-state index contributed by atoms with van der Waals surface area (Å²) in [6.07, 6.45) is 2.14. The van der Waals surface area contributed by atoms with Crippen LogP contribution in [0.4, 0.5) is 0 Å². The first-order chi connectivity index (χ1) is 8.86. The van der Waals surface area contributed by atoms with Gasteiger partial charge < -0.3 is 14.8 Å². The lowest BCUT2D eigenvalue weighted by Gasteiger charge is -2.06. The van der Waals surface area contributed by atoms with Crippen molar-refractivity contribution < 1.29 is 9.47 Å². The smallest absolute Gasteiger partial charge is 0.0718 e. The highest BCUT2D eigenvalue weighted by Crippen LogP contribution is 2.06. The molecule has 1 N–H and O–H groups in total. The zero-order chi connectivity index (χ0) is 13.1. The average molecular weight is 251 g/mol. The van der Waals surface area contributed by atoms with Gasteiger partial charge in [0.15, 0.2) is 0 Å². The SMILES string of the molecule is CCCOCCOCc1ccc(CCNC)cc1. The van der Waals surface area contributed by atoms with E-state index in [9.17, 15) is 0 Å². The molecule has 0 radical (unpaired) electrons. The van der Waals surface area contributed by atoms with Crippen LogP contribution in [0.1, 0.15) is 24.5 Å². The molecule has 3 heteroatoms. The fourth-order valence-corrected chi connectivity index (χ4v) is 1.63. The molecule has 0 spiro atoms. The molecule has 0 aliphatic carbocycles. The van der Waals surface area contributed by atoms with Gasteiger partial charge in [-0.05, 0) is 37.6 Å². The highest BCUT2D eigenvalue weighted by molar-refractivity contribution is 5.22. The molecule has 3 nitrogen and oxygen atoms in total. The van der Waals surface area contributed by atoms with Crippen LogP contribution in [0.15, 0.2) is 24.3 Å². The Balaban J connectivity index is 2.14. The molecule has 0 saturated carbocycles. The van der Waals surface area contributed by atoms with Gasteiger partial charge in [0.25, 0.3) is 0 Å². The van der Waals surface area contributed by atoms with Crippen LogP contribution < -0.4 is 5.32 Å². The van der Waals surface area contributed by atoms with Crippen LogP contribution in [-0.4, -0.2) is 33.4 Å². The fraction of sp³-hybridized carbons (Fsp3) is 0.600. The number of benzene rings is 1. The molecule has 0 aliphatic rings. The summed E-state index contributed by atoms with van der Waals surface area (Å²) in [6.45, 7) is 5.97. The lowest BCUT2D eigenvalue weighted by molar-refractivity contribution is 0.0408. The van der Waals surface area contributed by atoms with E-state index in [2.05, 4.69) is 36.5 Å². The van der Waals surface area contributed by atoms with E-state index in [0.29, 0.717) is 19.8 Å². The minimum Gasteiger partial charge on any atom is -0.379 e. The van der Waals surface area contributed by atoms with Crippen molar-refractivity contribution in [2.75, 3.05) is 33.4 Å². The van der Waals surface area contributed by atoms with Crippen molar-refractivity contribution in [3.05, 3.63) is 35.4 Å². The van der Waals surface area contributed by atoms with Crippen LogP contribution in [0.5, 0.6) is 0 Å². The number of hydrogen-bond acceptors (Lipinski definition) is 3. The topological polar surface area (TPSA) is 30.5 Å². The Bertz CT molecular complexity index is 298. The minimum absolute atomic E-state index is 0.668. The zero-order valence-electron chi connectivity index (χ0n) is 11.6. The van der Waals surface area contributed by atoms with Crippen molar-refractivity contribution in [1.29, 1.82) is 0 Å². The molecule has 1 aromatic rings. The van der Waals surface area contributed by atoms with Gasteiger partial charge in [-0.15, -0.1) is 0 Å². The number of hydrogen-bond donors (Lipinski definition) is 1. The molecular formula is C15H25NO2. The largest absolute Gasteiger partial charge is 0.379 e. The molecule has 0 unspecified atom stereocenters. The Labute approximate surface area is 110 Å². The van der Waals surface area contributed by atoms with Crippen molar-refractivity contribution in [1.82, 2.24) is 5.32 Å². The number of ether oxygens (including phenoxy) is 2. The summed E-state index contributed by atoms with van der Waals surface area (Å²) < 4.78 is 10.9. The predicted molar refractivity (Wildman–Crippen MR) is 74.8 cm³/mol. The summed E-state index contributed by atoms with van der Waals surface area (Å²) in [5.74, 6) is 0. The van der Waals surface area contributed by atoms with Crippen molar-refractivity contribution in [3.8, 4) is 0 Å². The van der Waals surface area contributed by atoms with E-state index in [-0.39, 0.29) is 0 Å². The average Bonchev–Trinajstić information content (AvgIpc) is 2.42. The van der Waals surface area contributed by atoms with Gasteiger partial charge in [0.2, 0.25) is 0 Å². The van der Waals surface area contributed by atoms with E-state index in [1.54, 1.807) is 0 Å². The zero-order valence-corrected chi connectivity index (χ0v) is 11.6. The van der Waals surface area contributed by atoms with Crippen LogP contribution in [-0.2, 0) is 22.5 Å². The Kier molecular flexibility index (Phi) is 8.47. The first kappa shape index (κ1) is 15.2. The van der Waals surface area contributed by atoms with Gasteiger partial charge in [-0.2, -0.15) is 0 Å². The van der Waals surface area contributed by atoms with Crippen molar-refractivity contribution >= 4 is 0 Å². The third-order valence-corrected chi connectivity index (χ3v) is 2.68. The maximum Gasteiger partial charge on any atom is 0.0718 e. The third-order valence-electron chi connectivity index (χ3n) is 2.68. The van der Waals surface area contributed by atoms with Crippen molar-refractivity contribution in [3.63, 3.8) is 0 Å². The second-order valence-electron chi connectivity index (χ2n) is 4.34. The maximum atomic E-state index is 5.55. The Morgan fingerprint density at radius 3 is 2.28 bits per heavy atom. The van der Waals surface area contributed by atoms with Crippen molar-refractivity contribution in [2.45, 2.75) is 26.4 Å². The van der Waals surface area contributed by atoms with Gasteiger partial charge in [-0.1, -0.05) is 31.2 Å². The van der Waals surface area contributed by atoms with E-state index < -0.39 is 0 Å². The minimum atomic E-state index is 0.668. The normalized spacial score (nSPS) is 10.8. The molecule has 0 bridgehead atoms. The van der Waals surface area contributed by atoms with E-state index >= 15 is 0 Å². The molecular weight excluding hydrogens is 226 g/mol. The molecule has 0 aliphatic heterocycles. The van der Waals surface area contributed by atoms with E-state index in [0.717, 1.165) is 26.0 Å². The van der Waals surface area contributed by atoms with Crippen molar-refractivity contribution in [2.24, 2.45) is 0 Å². The van der Waals surface area contributed by atoms with Crippen LogP contribution in [0.3, 0.4) is 0 Å². The van der Waals surface area contributed by atoms with Crippen LogP contribution >= 0.6 is 0 Å². The second-order valence-corrected chi connectivity index (χ2v) is 4.34. The molecule has 0 heterocycles. The molecule has 0 aromatic heterocycles. The number of rotatable bonds is 10. The number of likely N-dealkylation sites (N-methyl/N-ethyl adjacent to an activating group) is 1. The van der Waals surface area contributed by atoms with Crippen LogP contribution in [0, 0.1) is 0 Å². The van der Waals surface area contributed by atoms with Crippen LogP contribution in [0.25, 0.3) is 0 Å². The van der Waals surface area contributed by atoms with Gasteiger partial charge in [-0.25, -0.2) is 0 Å². The summed E-state index contributed by atoms with van der Waals surface area (Å²) in [7, 11) is 1.98. The molecule has 0 saturated heterocycles. The maximum absolute atomic E-state index is 5.55. The summed E-state index contributed by atoms with van der Waals surface area (Å²) in [5, 5.41) is 3.15. The van der Waals surface area contributed by atoms with E-state index in [4.69, 9.17) is 9.47 Å². The standard InChI is InChI=1S/C15H25NO2/c1-3-10-17-11-12-18-13-15-6-4-14(5-7-15)8-9-16-2/h4-7,16H,3,8-13H2,1-2H3. The van der Waals surface area contributed by atoms with Crippen LogP contribution in [0.2, 0.25) is 0 Å². The highest BCUT2D eigenvalue weighted by Gasteiger charge is 1.95. The summed E-state index contributed by atoms with van der Waals surface area (Å²) in [5.41, 5.74) is 2.58. The van der Waals surface area contributed by atoms with E-state index in [1.165, 1.54) is 11.1 Å². The second kappa shape index (κ2) is 10.1. The molecule has 18 heavy (non-hydrogen) atoms. The fourth-order valence-electron chi connectivity index (χ4n) is 1.63. The lowest BCUT2D eigenvalue weighted by Crippen LogP contribution is -2.10. The first-order valence-electron chi connectivity index (χ1n) is 6.74. The summed E-state index contributed by atoms with van der Waals surface area (Å²) in [6, 6.07) is 8.61. The quantitative estimate of drug-likeness (QED) is 0.648.